The van der Waals surface area contributed by atoms with Crippen LogP contribution < -0.4 is 9.64 Å². The Morgan fingerprint density at radius 2 is 2.00 bits per heavy atom. The van der Waals surface area contributed by atoms with Gasteiger partial charge in [0.15, 0.2) is 6.61 Å². The Labute approximate surface area is 105 Å². The summed E-state index contributed by atoms with van der Waals surface area (Å²) in [7, 11) is 0. The lowest BCUT2D eigenvalue weighted by atomic mass is 10.2. The number of carbonyl (C=O) groups excluding carboxylic acids is 2. The fourth-order valence-corrected chi connectivity index (χ4v) is 1.61. The van der Waals surface area contributed by atoms with Gasteiger partial charge >= 0.3 is 6.09 Å². The van der Waals surface area contributed by atoms with E-state index in [9.17, 15) is 9.59 Å². The normalized spacial score (nSPS) is 14.8. The van der Waals surface area contributed by atoms with Crippen LogP contribution in [0.25, 0.3) is 0 Å². The number of carbonyl (C=O) groups is 2. The smallest absolute Gasteiger partial charge is 0.421 e. The number of rotatable bonds is 0. The Bertz CT molecular complexity index is 490. The quantitative estimate of drug-likeness (QED) is 0.708. The summed E-state index contributed by atoms with van der Waals surface area (Å²) in [5, 5.41) is 0. The number of nitrogens with zero attached hydrogens (tertiary/aromatic N) is 1. The van der Waals surface area contributed by atoms with E-state index >= 15 is 0 Å². The molecule has 5 nitrogen and oxygen atoms in total. The van der Waals surface area contributed by atoms with E-state index in [1.54, 1.807) is 45.0 Å². The average molecular weight is 249 g/mol. The molecule has 0 aromatic heterocycles. The molecule has 0 spiro atoms. The van der Waals surface area contributed by atoms with Gasteiger partial charge in [-0.2, -0.15) is 0 Å². The molecule has 0 bridgehead atoms. The van der Waals surface area contributed by atoms with Gasteiger partial charge in [0.1, 0.15) is 11.4 Å². The number of hydrogen-bond acceptors (Lipinski definition) is 4. The van der Waals surface area contributed by atoms with Crippen molar-refractivity contribution in [3.63, 3.8) is 0 Å². The second-order valence-corrected chi connectivity index (χ2v) is 4.97. The average Bonchev–Trinajstić information content (AvgIpc) is 2.26. The van der Waals surface area contributed by atoms with Crippen LogP contribution >= 0.6 is 0 Å². The van der Waals surface area contributed by atoms with Crippen molar-refractivity contribution in [2.24, 2.45) is 0 Å². The number of imide groups is 1. The number of amides is 2. The summed E-state index contributed by atoms with van der Waals surface area (Å²) in [6.45, 7) is 5.10. The molecule has 5 heteroatoms. The fraction of sp³-hybridized carbons (Fsp3) is 0.385. The molecule has 1 aromatic carbocycles. The maximum atomic E-state index is 12.0. The van der Waals surface area contributed by atoms with Gasteiger partial charge in [0.05, 0.1) is 5.69 Å². The highest BCUT2D eigenvalue weighted by molar-refractivity contribution is 6.14. The minimum absolute atomic E-state index is 0.156. The van der Waals surface area contributed by atoms with E-state index in [0.717, 1.165) is 4.90 Å². The minimum atomic E-state index is -0.678. The van der Waals surface area contributed by atoms with Crippen LogP contribution in [-0.4, -0.2) is 24.2 Å². The lowest BCUT2D eigenvalue weighted by Gasteiger charge is -2.29. The second kappa shape index (κ2) is 4.33. The third-order valence-corrected chi connectivity index (χ3v) is 2.28. The van der Waals surface area contributed by atoms with E-state index in [1.807, 2.05) is 0 Å². The molecular weight excluding hydrogens is 234 g/mol. The summed E-state index contributed by atoms with van der Waals surface area (Å²) < 4.78 is 10.5. The van der Waals surface area contributed by atoms with Crippen LogP contribution in [0.1, 0.15) is 20.8 Å². The Morgan fingerprint density at radius 1 is 1.33 bits per heavy atom. The number of benzene rings is 1. The van der Waals surface area contributed by atoms with Gasteiger partial charge in [0.2, 0.25) is 0 Å². The van der Waals surface area contributed by atoms with E-state index in [0.29, 0.717) is 11.4 Å². The van der Waals surface area contributed by atoms with Crippen LogP contribution in [0, 0.1) is 0 Å². The molecule has 1 aromatic rings. The molecule has 0 radical (unpaired) electrons. The third-order valence-electron chi connectivity index (χ3n) is 2.28. The third kappa shape index (κ3) is 2.45. The molecule has 0 saturated heterocycles. The topological polar surface area (TPSA) is 55.8 Å². The zero-order valence-corrected chi connectivity index (χ0v) is 10.6. The lowest BCUT2D eigenvalue weighted by Crippen LogP contribution is -2.45. The number of fused-ring (bicyclic) bond motifs is 1. The lowest BCUT2D eigenvalue weighted by molar-refractivity contribution is -0.121. The van der Waals surface area contributed by atoms with Crippen LogP contribution in [0.15, 0.2) is 24.3 Å². The monoisotopic (exact) mass is 249 g/mol. The molecule has 2 amide bonds. The number of hydrogen-bond donors (Lipinski definition) is 0. The summed E-state index contributed by atoms with van der Waals surface area (Å²) >= 11 is 0. The van der Waals surface area contributed by atoms with E-state index in [-0.39, 0.29) is 6.61 Å². The highest BCUT2D eigenvalue weighted by atomic mass is 16.6. The first-order chi connectivity index (χ1) is 8.38. The van der Waals surface area contributed by atoms with E-state index in [4.69, 9.17) is 9.47 Å². The first kappa shape index (κ1) is 12.4. The molecule has 0 fully saturated rings. The summed E-state index contributed by atoms with van der Waals surface area (Å²) in [5.74, 6) is 0.0749. The van der Waals surface area contributed by atoms with Gasteiger partial charge in [-0.1, -0.05) is 12.1 Å². The molecular formula is C13H15NO4. The van der Waals surface area contributed by atoms with Crippen LogP contribution in [0.2, 0.25) is 0 Å². The van der Waals surface area contributed by atoms with Gasteiger partial charge in [0, 0.05) is 0 Å². The van der Waals surface area contributed by atoms with E-state index < -0.39 is 17.6 Å². The van der Waals surface area contributed by atoms with Crippen LogP contribution in [0.4, 0.5) is 10.5 Å². The van der Waals surface area contributed by atoms with Crippen molar-refractivity contribution in [3.8, 4) is 5.75 Å². The number of ether oxygens (including phenoxy) is 2. The Kier molecular flexibility index (Phi) is 2.98. The van der Waals surface area contributed by atoms with Gasteiger partial charge < -0.3 is 9.47 Å². The summed E-state index contributed by atoms with van der Waals surface area (Å²) in [5.41, 5.74) is -0.229. The Balaban J connectivity index is 2.32. The molecule has 18 heavy (non-hydrogen) atoms. The molecule has 1 heterocycles. The fourth-order valence-electron chi connectivity index (χ4n) is 1.61. The van der Waals surface area contributed by atoms with Crippen LogP contribution in [0.3, 0.4) is 0 Å². The van der Waals surface area contributed by atoms with Gasteiger partial charge in [-0.15, -0.1) is 0 Å². The Morgan fingerprint density at radius 3 is 2.67 bits per heavy atom. The van der Waals surface area contributed by atoms with Crippen molar-refractivity contribution in [2.45, 2.75) is 26.4 Å². The second-order valence-electron chi connectivity index (χ2n) is 4.97. The van der Waals surface area contributed by atoms with Crippen molar-refractivity contribution in [3.05, 3.63) is 24.3 Å². The maximum absolute atomic E-state index is 12.0. The van der Waals surface area contributed by atoms with Crippen LogP contribution in [-0.2, 0) is 9.53 Å². The van der Waals surface area contributed by atoms with E-state index in [1.165, 1.54) is 0 Å². The highest BCUT2D eigenvalue weighted by Crippen LogP contribution is 2.32. The van der Waals surface area contributed by atoms with Crippen molar-refractivity contribution >= 4 is 17.7 Å². The molecule has 2 rings (SSSR count). The zero-order chi connectivity index (χ0) is 13.3. The molecule has 96 valence electrons. The molecule has 0 aliphatic carbocycles. The summed E-state index contributed by atoms with van der Waals surface area (Å²) in [6, 6.07) is 6.87. The molecule has 1 aliphatic rings. The van der Waals surface area contributed by atoms with E-state index in [2.05, 4.69) is 0 Å². The SMILES string of the molecule is CC(C)(C)OC(=O)N1C(=O)COc2ccccc21. The number of anilines is 1. The van der Waals surface area contributed by atoms with Crippen LogP contribution in [0.5, 0.6) is 5.75 Å². The maximum Gasteiger partial charge on any atom is 0.421 e. The highest BCUT2D eigenvalue weighted by Gasteiger charge is 2.33. The molecule has 0 unspecified atom stereocenters. The van der Waals surface area contributed by atoms with Gasteiger partial charge in [0.25, 0.3) is 5.91 Å². The van der Waals surface area contributed by atoms with Gasteiger partial charge in [-0.3, -0.25) is 4.79 Å². The first-order valence-corrected chi connectivity index (χ1v) is 5.66. The number of para-hydroxylation sites is 2. The summed E-state index contributed by atoms with van der Waals surface area (Å²) in [4.78, 5) is 24.8. The summed E-state index contributed by atoms with van der Waals surface area (Å²) in [6.07, 6.45) is -0.678. The Hall–Kier alpha value is -2.04. The van der Waals surface area contributed by atoms with Crippen molar-refractivity contribution in [2.75, 3.05) is 11.5 Å². The van der Waals surface area contributed by atoms with Crippen molar-refractivity contribution < 1.29 is 19.1 Å². The largest absolute Gasteiger partial charge is 0.482 e. The van der Waals surface area contributed by atoms with Crippen molar-refractivity contribution in [1.82, 2.24) is 0 Å². The molecule has 1 aliphatic heterocycles. The predicted octanol–water partition coefficient (Wildman–Crippen LogP) is 2.35. The zero-order valence-electron chi connectivity index (χ0n) is 10.6. The first-order valence-electron chi connectivity index (χ1n) is 5.66. The molecule has 0 N–H and O–H groups in total. The van der Waals surface area contributed by atoms with Gasteiger partial charge in [-0.25, -0.2) is 9.69 Å². The predicted molar refractivity (Wildman–Crippen MR) is 65.7 cm³/mol. The standard InChI is InChI=1S/C13H15NO4/c1-13(2,3)18-12(16)14-9-6-4-5-7-10(9)17-8-11(14)15/h4-7H,8H2,1-3H3. The molecule has 0 atom stereocenters. The van der Waals surface area contributed by atoms with Crippen molar-refractivity contribution in [1.29, 1.82) is 0 Å². The van der Waals surface area contributed by atoms with Gasteiger partial charge in [-0.05, 0) is 32.9 Å². The molecule has 0 saturated carbocycles. The minimum Gasteiger partial charge on any atom is -0.482 e.